The molecule has 46 valence electrons. The molecule has 0 unspecified atom stereocenters. The zero-order valence-corrected chi connectivity index (χ0v) is 7.66. The van der Waals surface area contributed by atoms with E-state index in [9.17, 15) is 0 Å². The summed E-state index contributed by atoms with van der Waals surface area (Å²) >= 11 is 1.85. The van der Waals surface area contributed by atoms with E-state index in [0.29, 0.717) is 0 Å². The summed E-state index contributed by atoms with van der Waals surface area (Å²) in [6, 6.07) is 0. The van der Waals surface area contributed by atoms with E-state index in [0.717, 1.165) is 13.0 Å². The Kier molecular flexibility index (Phi) is 15.8. The molecule has 0 rings (SSSR count). The van der Waals surface area contributed by atoms with Gasteiger partial charge in [-0.2, -0.15) is 11.8 Å². The first-order chi connectivity index (χ1) is 2.91. The largest absolute Gasteiger partial charge is 0.330 e. The van der Waals surface area contributed by atoms with Gasteiger partial charge >= 0.3 is 0 Å². The lowest BCUT2D eigenvalue weighted by atomic mass is 10.5. The molecule has 0 saturated heterocycles. The first-order valence-corrected chi connectivity index (χ1v) is 3.50. The molecule has 0 amide bonds. The molecule has 0 bridgehead atoms. The third kappa shape index (κ3) is 11.0. The van der Waals surface area contributed by atoms with Gasteiger partial charge in [0.05, 0.1) is 0 Å². The second kappa shape index (κ2) is 10.1. The van der Waals surface area contributed by atoms with Crippen LogP contribution in [-0.4, -0.2) is 18.6 Å². The van der Waals surface area contributed by atoms with Crippen LogP contribution in [0.25, 0.3) is 0 Å². The monoisotopic (exact) mass is 233 g/mol. The molecule has 2 N–H and O–H groups in total. The van der Waals surface area contributed by atoms with Gasteiger partial charge in [-0.15, -0.1) is 24.0 Å². The van der Waals surface area contributed by atoms with Crippen LogP contribution in [0.3, 0.4) is 0 Å². The van der Waals surface area contributed by atoms with E-state index in [1.807, 2.05) is 11.8 Å². The number of thioether (sulfide) groups is 1. The second-order valence-electron chi connectivity index (χ2n) is 1.14. The average Bonchev–Trinajstić information content (AvgIpc) is 1.61. The predicted molar refractivity (Wildman–Crippen MR) is 47.5 cm³/mol. The van der Waals surface area contributed by atoms with E-state index in [2.05, 4.69) is 6.26 Å². The number of hydrogen-bond acceptors (Lipinski definition) is 2. The Morgan fingerprint density at radius 2 is 2.14 bits per heavy atom. The summed E-state index contributed by atoms with van der Waals surface area (Å²) in [7, 11) is 0. The van der Waals surface area contributed by atoms with Gasteiger partial charge in [0.2, 0.25) is 0 Å². The minimum absolute atomic E-state index is 0. The van der Waals surface area contributed by atoms with E-state index >= 15 is 0 Å². The van der Waals surface area contributed by atoms with Gasteiger partial charge < -0.3 is 5.73 Å². The van der Waals surface area contributed by atoms with Gasteiger partial charge in [-0.1, -0.05) is 0 Å². The second-order valence-corrected chi connectivity index (χ2v) is 2.12. The van der Waals surface area contributed by atoms with Crippen molar-refractivity contribution in [3.8, 4) is 0 Å². The molecule has 0 fully saturated rings. The molecule has 7 heavy (non-hydrogen) atoms. The first-order valence-electron chi connectivity index (χ1n) is 2.11. The number of rotatable bonds is 3. The van der Waals surface area contributed by atoms with Gasteiger partial charge in [0, 0.05) is 0 Å². The SMILES string of the molecule is CSCCCN.I. The summed E-state index contributed by atoms with van der Waals surface area (Å²) in [5.74, 6) is 1.20. The van der Waals surface area contributed by atoms with Gasteiger partial charge in [-0.25, -0.2) is 0 Å². The van der Waals surface area contributed by atoms with Crippen molar-refractivity contribution in [1.82, 2.24) is 0 Å². The van der Waals surface area contributed by atoms with Crippen LogP contribution in [0, 0.1) is 0 Å². The molecule has 0 atom stereocenters. The molecular weight excluding hydrogens is 221 g/mol. The predicted octanol–water partition coefficient (Wildman–Crippen LogP) is 1.32. The minimum Gasteiger partial charge on any atom is -0.330 e. The zero-order valence-electron chi connectivity index (χ0n) is 4.52. The van der Waals surface area contributed by atoms with Crippen molar-refractivity contribution in [1.29, 1.82) is 0 Å². The van der Waals surface area contributed by atoms with Crippen molar-refractivity contribution in [3.63, 3.8) is 0 Å². The van der Waals surface area contributed by atoms with E-state index in [4.69, 9.17) is 5.73 Å². The summed E-state index contributed by atoms with van der Waals surface area (Å²) in [5, 5.41) is 0. The maximum Gasteiger partial charge on any atom is -0.00583 e. The van der Waals surface area contributed by atoms with Gasteiger partial charge in [0.25, 0.3) is 0 Å². The van der Waals surface area contributed by atoms with Crippen molar-refractivity contribution in [2.45, 2.75) is 6.42 Å². The molecule has 0 aromatic heterocycles. The molecular formula is C4H12INS. The maximum atomic E-state index is 5.20. The summed E-state index contributed by atoms with van der Waals surface area (Å²) in [6.07, 6.45) is 3.25. The van der Waals surface area contributed by atoms with Crippen molar-refractivity contribution in [2.24, 2.45) is 5.73 Å². The van der Waals surface area contributed by atoms with Crippen LogP contribution >= 0.6 is 35.7 Å². The molecule has 0 saturated carbocycles. The van der Waals surface area contributed by atoms with Gasteiger partial charge in [-0.05, 0) is 25.0 Å². The lowest BCUT2D eigenvalue weighted by molar-refractivity contribution is 0.944. The fourth-order valence-corrected chi connectivity index (χ4v) is 0.683. The van der Waals surface area contributed by atoms with Crippen LogP contribution in [0.1, 0.15) is 6.42 Å². The van der Waals surface area contributed by atoms with Gasteiger partial charge in [-0.3, -0.25) is 0 Å². The van der Waals surface area contributed by atoms with E-state index in [1.165, 1.54) is 5.75 Å². The standard InChI is InChI=1S/C4H11NS.HI/c1-6-4-2-3-5;/h2-5H2,1H3;1H. The highest BCUT2D eigenvalue weighted by Gasteiger charge is 1.75. The quantitative estimate of drug-likeness (QED) is 0.587. The van der Waals surface area contributed by atoms with E-state index in [1.54, 1.807) is 0 Å². The zero-order chi connectivity index (χ0) is 4.83. The van der Waals surface area contributed by atoms with Crippen LogP contribution in [0.5, 0.6) is 0 Å². The lowest BCUT2D eigenvalue weighted by Gasteiger charge is -1.86. The average molecular weight is 233 g/mol. The molecule has 0 aliphatic heterocycles. The fraction of sp³-hybridized carbons (Fsp3) is 1.00. The Balaban J connectivity index is 0. The summed E-state index contributed by atoms with van der Waals surface area (Å²) in [6.45, 7) is 0.834. The Labute approximate surface area is 66.4 Å². The number of hydrogen-bond donors (Lipinski definition) is 1. The third-order valence-corrected chi connectivity index (χ3v) is 1.25. The highest BCUT2D eigenvalue weighted by Crippen LogP contribution is 1.91. The molecule has 0 aliphatic carbocycles. The molecule has 0 radical (unpaired) electrons. The van der Waals surface area contributed by atoms with Crippen molar-refractivity contribution in [3.05, 3.63) is 0 Å². The minimum atomic E-state index is 0. The highest BCUT2D eigenvalue weighted by molar-refractivity contribution is 14.0. The van der Waals surface area contributed by atoms with E-state index in [-0.39, 0.29) is 24.0 Å². The highest BCUT2D eigenvalue weighted by atomic mass is 127. The Morgan fingerprint density at radius 1 is 1.57 bits per heavy atom. The molecule has 1 nitrogen and oxygen atoms in total. The molecule has 0 aromatic carbocycles. The van der Waals surface area contributed by atoms with Crippen molar-refractivity contribution in [2.75, 3.05) is 18.6 Å². The summed E-state index contributed by atoms with van der Waals surface area (Å²) in [4.78, 5) is 0. The smallest absolute Gasteiger partial charge is 0.00583 e. The molecule has 0 aromatic rings. The first kappa shape index (κ1) is 10.9. The van der Waals surface area contributed by atoms with Crippen LogP contribution < -0.4 is 5.73 Å². The lowest BCUT2D eigenvalue weighted by Crippen LogP contribution is -1.98. The number of nitrogens with two attached hydrogens (primary N) is 1. The Hall–Kier alpha value is 1.04. The molecule has 0 spiro atoms. The van der Waals surface area contributed by atoms with Crippen LogP contribution in [0.15, 0.2) is 0 Å². The van der Waals surface area contributed by atoms with Gasteiger partial charge in [0.15, 0.2) is 0 Å². The Bertz CT molecular complexity index is 23.7. The molecule has 3 heteroatoms. The molecule has 0 heterocycles. The van der Waals surface area contributed by atoms with Crippen LogP contribution in [0.4, 0.5) is 0 Å². The normalized spacial score (nSPS) is 7.71. The van der Waals surface area contributed by atoms with E-state index < -0.39 is 0 Å². The van der Waals surface area contributed by atoms with Crippen molar-refractivity contribution < 1.29 is 0 Å². The Morgan fingerprint density at radius 3 is 2.29 bits per heavy atom. The molecule has 0 aliphatic rings. The summed E-state index contributed by atoms with van der Waals surface area (Å²) in [5.41, 5.74) is 5.20. The summed E-state index contributed by atoms with van der Waals surface area (Å²) < 4.78 is 0. The fourth-order valence-electron chi connectivity index (χ4n) is 0.228. The van der Waals surface area contributed by atoms with Crippen molar-refractivity contribution >= 4 is 35.7 Å². The third-order valence-electron chi connectivity index (χ3n) is 0.553. The topological polar surface area (TPSA) is 26.0 Å². The van der Waals surface area contributed by atoms with Crippen LogP contribution in [0.2, 0.25) is 0 Å². The number of halogens is 1. The maximum absolute atomic E-state index is 5.20. The van der Waals surface area contributed by atoms with Gasteiger partial charge in [0.1, 0.15) is 0 Å². The van der Waals surface area contributed by atoms with Crippen LogP contribution in [-0.2, 0) is 0 Å².